The number of sulfonamides is 1. The highest BCUT2D eigenvalue weighted by Crippen LogP contribution is 2.31. The minimum absolute atomic E-state index is 0.0798. The SMILES string of the molecule is CCN(CC#N)S(=O)(=O)c1ccc(Cl)c(F)c1Cl. The Bertz CT molecular complexity index is 599. The second kappa shape index (κ2) is 5.85. The first-order valence-electron chi connectivity index (χ1n) is 4.86. The fraction of sp³-hybridized carbons (Fsp3) is 0.300. The van der Waals surface area contributed by atoms with E-state index in [-0.39, 0.29) is 18.1 Å². The summed E-state index contributed by atoms with van der Waals surface area (Å²) in [5.74, 6) is -0.993. The maximum atomic E-state index is 13.5. The second-order valence-electron chi connectivity index (χ2n) is 3.26. The molecule has 4 nitrogen and oxygen atoms in total. The third kappa shape index (κ3) is 2.75. The van der Waals surface area contributed by atoms with Crippen LogP contribution in [0.3, 0.4) is 0 Å². The Morgan fingerprint density at radius 3 is 2.56 bits per heavy atom. The highest BCUT2D eigenvalue weighted by atomic mass is 35.5. The molecule has 18 heavy (non-hydrogen) atoms. The fourth-order valence-electron chi connectivity index (χ4n) is 1.29. The van der Waals surface area contributed by atoms with Crippen molar-refractivity contribution >= 4 is 33.2 Å². The van der Waals surface area contributed by atoms with Crippen LogP contribution in [-0.2, 0) is 10.0 Å². The molecule has 0 spiro atoms. The smallest absolute Gasteiger partial charge is 0.207 e. The van der Waals surface area contributed by atoms with Crippen molar-refractivity contribution in [2.45, 2.75) is 11.8 Å². The van der Waals surface area contributed by atoms with Crippen LogP contribution in [0.25, 0.3) is 0 Å². The lowest BCUT2D eigenvalue weighted by molar-refractivity contribution is 0.462. The summed E-state index contributed by atoms with van der Waals surface area (Å²) >= 11 is 11.1. The van der Waals surface area contributed by atoms with Crippen molar-refractivity contribution in [1.29, 1.82) is 5.26 Å². The molecule has 1 rings (SSSR count). The molecule has 0 fully saturated rings. The van der Waals surface area contributed by atoms with Gasteiger partial charge < -0.3 is 0 Å². The summed E-state index contributed by atoms with van der Waals surface area (Å²) in [5, 5.41) is 7.73. The highest BCUT2D eigenvalue weighted by molar-refractivity contribution is 7.89. The van der Waals surface area contributed by atoms with Crippen LogP contribution < -0.4 is 0 Å². The molecule has 8 heteroatoms. The Labute approximate surface area is 115 Å². The number of benzene rings is 1. The molecule has 98 valence electrons. The molecule has 0 aliphatic heterocycles. The van der Waals surface area contributed by atoms with E-state index in [2.05, 4.69) is 0 Å². The van der Waals surface area contributed by atoms with Crippen LogP contribution in [0.1, 0.15) is 6.92 Å². The van der Waals surface area contributed by atoms with Gasteiger partial charge in [0.2, 0.25) is 10.0 Å². The van der Waals surface area contributed by atoms with Crippen LogP contribution in [0, 0.1) is 17.1 Å². The van der Waals surface area contributed by atoms with Gasteiger partial charge in [-0.1, -0.05) is 30.1 Å². The Morgan fingerprint density at radius 2 is 2.06 bits per heavy atom. The summed E-state index contributed by atoms with van der Waals surface area (Å²) in [5.41, 5.74) is 0. The lowest BCUT2D eigenvalue weighted by Crippen LogP contribution is -2.31. The summed E-state index contributed by atoms with van der Waals surface area (Å²) in [4.78, 5) is -0.400. The minimum atomic E-state index is -4.00. The molecule has 0 saturated carbocycles. The van der Waals surface area contributed by atoms with Gasteiger partial charge in [0.1, 0.15) is 11.4 Å². The van der Waals surface area contributed by atoms with Crippen LogP contribution in [-0.4, -0.2) is 25.8 Å². The van der Waals surface area contributed by atoms with Crippen molar-refractivity contribution in [1.82, 2.24) is 4.31 Å². The molecule has 0 heterocycles. The zero-order valence-electron chi connectivity index (χ0n) is 9.32. The summed E-state index contributed by atoms with van der Waals surface area (Å²) in [6, 6.07) is 3.95. The summed E-state index contributed by atoms with van der Waals surface area (Å²) < 4.78 is 38.6. The lowest BCUT2D eigenvalue weighted by Gasteiger charge is -2.18. The van der Waals surface area contributed by atoms with Gasteiger partial charge in [0.05, 0.1) is 16.1 Å². The number of rotatable bonds is 4. The molecule has 0 aliphatic rings. The van der Waals surface area contributed by atoms with E-state index in [1.807, 2.05) is 0 Å². The highest BCUT2D eigenvalue weighted by Gasteiger charge is 2.27. The van der Waals surface area contributed by atoms with E-state index >= 15 is 0 Å². The van der Waals surface area contributed by atoms with Gasteiger partial charge in [-0.15, -0.1) is 0 Å². The van der Waals surface area contributed by atoms with Crippen molar-refractivity contribution in [2.75, 3.05) is 13.1 Å². The number of nitriles is 1. The van der Waals surface area contributed by atoms with E-state index < -0.39 is 25.8 Å². The van der Waals surface area contributed by atoms with Crippen molar-refractivity contribution in [2.24, 2.45) is 0 Å². The second-order valence-corrected chi connectivity index (χ2v) is 5.95. The van der Waals surface area contributed by atoms with Gasteiger partial charge in [0.25, 0.3) is 0 Å². The number of halogens is 3. The molecule has 1 aromatic carbocycles. The van der Waals surface area contributed by atoms with Crippen LogP contribution in [0.5, 0.6) is 0 Å². The predicted octanol–water partition coefficient (Wildman–Crippen LogP) is 2.67. The van der Waals surface area contributed by atoms with E-state index in [0.717, 1.165) is 16.4 Å². The first kappa shape index (κ1) is 15.2. The zero-order valence-corrected chi connectivity index (χ0v) is 11.7. The molecule has 0 radical (unpaired) electrons. The summed E-state index contributed by atoms with van der Waals surface area (Å²) in [7, 11) is -4.00. The average molecular weight is 311 g/mol. The summed E-state index contributed by atoms with van der Waals surface area (Å²) in [6.07, 6.45) is 0. The maximum absolute atomic E-state index is 13.5. The maximum Gasteiger partial charge on any atom is 0.245 e. The van der Waals surface area contributed by atoms with E-state index in [4.69, 9.17) is 28.5 Å². The number of hydrogen-bond donors (Lipinski definition) is 0. The van der Waals surface area contributed by atoms with Crippen molar-refractivity contribution in [3.8, 4) is 6.07 Å². The van der Waals surface area contributed by atoms with Crippen molar-refractivity contribution < 1.29 is 12.8 Å². The molecule has 0 amide bonds. The van der Waals surface area contributed by atoms with Gasteiger partial charge in [-0.05, 0) is 12.1 Å². The molecule has 0 aliphatic carbocycles. The topological polar surface area (TPSA) is 61.2 Å². The molecule has 0 N–H and O–H groups in total. The molecule has 0 saturated heterocycles. The fourth-order valence-corrected chi connectivity index (χ4v) is 3.36. The molecule has 1 aromatic rings. The first-order chi connectivity index (χ1) is 8.36. The lowest BCUT2D eigenvalue weighted by atomic mass is 10.3. The molecule has 0 unspecified atom stereocenters. The molecule has 0 aromatic heterocycles. The van der Waals surface area contributed by atoms with Gasteiger partial charge in [-0.25, -0.2) is 12.8 Å². The molecule has 0 atom stereocenters. The van der Waals surface area contributed by atoms with Crippen LogP contribution in [0.15, 0.2) is 17.0 Å². The van der Waals surface area contributed by atoms with Gasteiger partial charge in [0, 0.05) is 6.54 Å². The molecular weight excluding hydrogens is 302 g/mol. The number of nitrogens with zero attached hydrogens (tertiary/aromatic N) is 2. The van der Waals surface area contributed by atoms with Crippen molar-refractivity contribution in [3.63, 3.8) is 0 Å². The molecular formula is C10H9Cl2FN2O2S. The standard InChI is InChI=1S/C10H9Cl2FN2O2S/c1-2-15(6-5-14)18(16,17)8-4-3-7(11)10(13)9(8)12/h3-4H,2,6H2,1H3. The third-order valence-corrected chi connectivity index (χ3v) is 4.95. The Balaban J connectivity index is 3.38. The Morgan fingerprint density at radius 1 is 1.44 bits per heavy atom. The largest absolute Gasteiger partial charge is 0.245 e. The van der Waals surface area contributed by atoms with E-state index in [1.54, 1.807) is 13.0 Å². The predicted molar refractivity (Wildman–Crippen MR) is 66.5 cm³/mol. The zero-order chi connectivity index (χ0) is 13.9. The Kier molecular flexibility index (Phi) is 4.93. The quantitative estimate of drug-likeness (QED) is 0.634. The first-order valence-corrected chi connectivity index (χ1v) is 7.06. The van der Waals surface area contributed by atoms with Crippen LogP contribution in [0.2, 0.25) is 10.0 Å². The van der Waals surface area contributed by atoms with Crippen LogP contribution >= 0.6 is 23.2 Å². The average Bonchev–Trinajstić information content (AvgIpc) is 2.32. The van der Waals surface area contributed by atoms with Gasteiger partial charge in [-0.2, -0.15) is 9.57 Å². The minimum Gasteiger partial charge on any atom is -0.207 e. The molecule has 0 bridgehead atoms. The van der Waals surface area contributed by atoms with E-state index in [9.17, 15) is 12.8 Å². The number of hydrogen-bond acceptors (Lipinski definition) is 3. The third-order valence-electron chi connectivity index (χ3n) is 2.22. The monoisotopic (exact) mass is 310 g/mol. The van der Waals surface area contributed by atoms with E-state index in [0.29, 0.717) is 0 Å². The Hall–Kier alpha value is -0.870. The van der Waals surface area contributed by atoms with Crippen LogP contribution in [0.4, 0.5) is 4.39 Å². The van der Waals surface area contributed by atoms with Gasteiger partial charge >= 0.3 is 0 Å². The van der Waals surface area contributed by atoms with Gasteiger partial charge in [0.15, 0.2) is 5.82 Å². The van der Waals surface area contributed by atoms with E-state index in [1.165, 1.54) is 0 Å². The normalized spacial score (nSPS) is 11.6. The summed E-state index contributed by atoms with van der Waals surface area (Å²) in [6.45, 7) is 1.31. The van der Waals surface area contributed by atoms with Gasteiger partial charge in [-0.3, -0.25) is 0 Å². The van der Waals surface area contributed by atoms with Crippen molar-refractivity contribution in [3.05, 3.63) is 28.0 Å².